The van der Waals surface area contributed by atoms with Gasteiger partial charge in [-0.2, -0.15) is 0 Å². The van der Waals surface area contributed by atoms with Gasteiger partial charge in [0, 0.05) is 30.9 Å². The number of amides is 1. The number of aliphatic hydroxyl groups is 1. The van der Waals surface area contributed by atoms with Crippen molar-refractivity contribution in [3.05, 3.63) is 34.2 Å². The maximum atomic E-state index is 11.8. The minimum absolute atomic E-state index is 0.0806. The standard InChI is InChI=1S/C10H14N2O3/c1-2-12(5-6-13)10(15)8-3-4-11-9(14)7-8/h3-4,7,13H,2,5-6H2,1H3,(H,11,14). The zero-order valence-corrected chi connectivity index (χ0v) is 8.56. The van der Waals surface area contributed by atoms with E-state index in [9.17, 15) is 9.59 Å². The van der Waals surface area contributed by atoms with Gasteiger partial charge in [0.1, 0.15) is 0 Å². The van der Waals surface area contributed by atoms with Crippen molar-refractivity contribution in [3.63, 3.8) is 0 Å². The fourth-order valence-electron chi connectivity index (χ4n) is 1.28. The number of nitrogens with zero attached hydrogens (tertiary/aromatic N) is 1. The van der Waals surface area contributed by atoms with Gasteiger partial charge in [-0.15, -0.1) is 0 Å². The Balaban J connectivity index is 2.87. The van der Waals surface area contributed by atoms with Gasteiger partial charge < -0.3 is 15.0 Å². The zero-order valence-electron chi connectivity index (χ0n) is 8.56. The van der Waals surface area contributed by atoms with Gasteiger partial charge in [-0.3, -0.25) is 9.59 Å². The molecule has 0 fully saturated rings. The first-order valence-corrected chi connectivity index (χ1v) is 4.78. The average Bonchev–Trinajstić information content (AvgIpc) is 2.25. The highest BCUT2D eigenvalue weighted by molar-refractivity contribution is 5.94. The third-order valence-electron chi connectivity index (χ3n) is 2.06. The molecule has 0 aromatic carbocycles. The Labute approximate surface area is 87.4 Å². The van der Waals surface area contributed by atoms with E-state index < -0.39 is 0 Å². The number of H-pyrrole nitrogens is 1. The van der Waals surface area contributed by atoms with E-state index in [2.05, 4.69) is 4.98 Å². The predicted octanol–water partition coefficient (Wildman–Crippen LogP) is -0.171. The molecule has 0 radical (unpaired) electrons. The molecule has 0 bridgehead atoms. The summed E-state index contributed by atoms with van der Waals surface area (Å²) in [6, 6.07) is 2.80. The number of aliphatic hydroxyl groups excluding tert-OH is 1. The van der Waals surface area contributed by atoms with Crippen LogP contribution in [0.2, 0.25) is 0 Å². The Morgan fingerprint density at radius 1 is 1.60 bits per heavy atom. The molecule has 0 unspecified atom stereocenters. The molecule has 1 amide bonds. The number of aromatic amines is 1. The van der Waals surface area contributed by atoms with Crippen LogP contribution in [0.3, 0.4) is 0 Å². The fourth-order valence-corrected chi connectivity index (χ4v) is 1.28. The van der Waals surface area contributed by atoms with E-state index in [0.717, 1.165) is 0 Å². The largest absolute Gasteiger partial charge is 0.395 e. The topological polar surface area (TPSA) is 73.4 Å². The summed E-state index contributed by atoms with van der Waals surface area (Å²) in [6.45, 7) is 2.53. The van der Waals surface area contributed by atoms with E-state index >= 15 is 0 Å². The van der Waals surface area contributed by atoms with E-state index in [0.29, 0.717) is 12.1 Å². The lowest BCUT2D eigenvalue weighted by Gasteiger charge is -2.19. The predicted molar refractivity (Wildman–Crippen MR) is 55.7 cm³/mol. The molecular weight excluding hydrogens is 196 g/mol. The van der Waals surface area contributed by atoms with Gasteiger partial charge in [-0.25, -0.2) is 0 Å². The first-order valence-electron chi connectivity index (χ1n) is 4.78. The van der Waals surface area contributed by atoms with Crippen LogP contribution in [0.1, 0.15) is 17.3 Å². The lowest BCUT2D eigenvalue weighted by Crippen LogP contribution is -2.33. The van der Waals surface area contributed by atoms with E-state index in [4.69, 9.17) is 5.11 Å². The van der Waals surface area contributed by atoms with Crippen molar-refractivity contribution in [2.45, 2.75) is 6.92 Å². The number of likely N-dealkylation sites (N-methyl/N-ethyl adjacent to an activating group) is 1. The van der Waals surface area contributed by atoms with Crippen LogP contribution in [0.4, 0.5) is 0 Å². The van der Waals surface area contributed by atoms with Gasteiger partial charge in [0.25, 0.3) is 5.91 Å². The Hall–Kier alpha value is -1.62. The van der Waals surface area contributed by atoms with Crippen molar-refractivity contribution in [1.29, 1.82) is 0 Å². The van der Waals surface area contributed by atoms with E-state index in [1.54, 1.807) is 6.07 Å². The van der Waals surface area contributed by atoms with Crippen LogP contribution >= 0.6 is 0 Å². The van der Waals surface area contributed by atoms with Crippen molar-refractivity contribution in [2.24, 2.45) is 0 Å². The minimum Gasteiger partial charge on any atom is -0.395 e. The lowest BCUT2D eigenvalue weighted by atomic mass is 10.2. The van der Waals surface area contributed by atoms with Crippen LogP contribution in [0, 0.1) is 0 Å². The molecule has 5 heteroatoms. The highest BCUT2D eigenvalue weighted by Gasteiger charge is 2.13. The summed E-state index contributed by atoms with van der Waals surface area (Å²) < 4.78 is 0. The summed E-state index contributed by atoms with van der Waals surface area (Å²) in [4.78, 5) is 26.7. The highest BCUT2D eigenvalue weighted by atomic mass is 16.3. The summed E-state index contributed by atoms with van der Waals surface area (Å²) in [7, 11) is 0. The Kier molecular flexibility index (Phi) is 4.05. The van der Waals surface area contributed by atoms with Crippen molar-refractivity contribution >= 4 is 5.91 Å². The second-order valence-electron chi connectivity index (χ2n) is 3.05. The van der Waals surface area contributed by atoms with E-state index in [1.165, 1.54) is 17.2 Å². The maximum Gasteiger partial charge on any atom is 0.254 e. The summed E-state index contributed by atoms with van der Waals surface area (Å²) in [5.74, 6) is -0.238. The number of carbonyl (C=O) groups is 1. The summed E-state index contributed by atoms with van der Waals surface area (Å²) in [5.41, 5.74) is 0.0370. The van der Waals surface area contributed by atoms with Crippen LogP contribution in [0.15, 0.2) is 23.1 Å². The van der Waals surface area contributed by atoms with Crippen LogP contribution in [-0.2, 0) is 0 Å². The third-order valence-corrected chi connectivity index (χ3v) is 2.06. The highest BCUT2D eigenvalue weighted by Crippen LogP contribution is 2.00. The molecule has 0 saturated heterocycles. The first kappa shape index (κ1) is 11.5. The lowest BCUT2D eigenvalue weighted by molar-refractivity contribution is 0.0731. The first-order chi connectivity index (χ1) is 7.19. The minimum atomic E-state index is -0.305. The molecule has 5 nitrogen and oxygen atoms in total. The normalized spacial score (nSPS) is 10.0. The van der Waals surface area contributed by atoms with Crippen LogP contribution in [0.5, 0.6) is 0 Å². The summed E-state index contributed by atoms with van der Waals surface area (Å²) in [5, 5.41) is 8.76. The van der Waals surface area contributed by atoms with Gasteiger partial charge in [0.05, 0.1) is 6.61 Å². The number of hydrogen-bond acceptors (Lipinski definition) is 3. The monoisotopic (exact) mass is 210 g/mol. The summed E-state index contributed by atoms with van der Waals surface area (Å²) >= 11 is 0. The van der Waals surface area contributed by atoms with E-state index in [-0.39, 0.29) is 24.6 Å². The van der Waals surface area contributed by atoms with Gasteiger partial charge in [0.2, 0.25) is 5.56 Å². The smallest absolute Gasteiger partial charge is 0.254 e. The van der Waals surface area contributed by atoms with Crippen molar-refractivity contribution < 1.29 is 9.90 Å². The van der Waals surface area contributed by atoms with Crippen LogP contribution in [-0.4, -0.2) is 40.6 Å². The average molecular weight is 210 g/mol. The second kappa shape index (κ2) is 5.31. The number of aromatic nitrogens is 1. The molecule has 82 valence electrons. The van der Waals surface area contributed by atoms with Gasteiger partial charge >= 0.3 is 0 Å². The van der Waals surface area contributed by atoms with Crippen molar-refractivity contribution in [1.82, 2.24) is 9.88 Å². The second-order valence-corrected chi connectivity index (χ2v) is 3.05. The zero-order chi connectivity index (χ0) is 11.3. The Morgan fingerprint density at radius 3 is 2.87 bits per heavy atom. The molecule has 0 spiro atoms. The van der Waals surface area contributed by atoms with E-state index in [1.807, 2.05) is 6.92 Å². The van der Waals surface area contributed by atoms with Crippen molar-refractivity contribution in [2.75, 3.05) is 19.7 Å². The number of carbonyl (C=O) groups excluding carboxylic acids is 1. The van der Waals surface area contributed by atoms with Crippen LogP contribution < -0.4 is 5.56 Å². The third kappa shape index (κ3) is 2.92. The molecule has 1 heterocycles. The molecule has 1 aromatic rings. The van der Waals surface area contributed by atoms with Gasteiger partial charge in [-0.1, -0.05) is 0 Å². The maximum absolute atomic E-state index is 11.8. The molecular formula is C10H14N2O3. The summed E-state index contributed by atoms with van der Waals surface area (Å²) in [6.07, 6.45) is 1.43. The Morgan fingerprint density at radius 2 is 2.33 bits per heavy atom. The van der Waals surface area contributed by atoms with Crippen molar-refractivity contribution in [3.8, 4) is 0 Å². The van der Waals surface area contributed by atoms with Gasteiger partial charge in [0.15, 0.2) is 0 Å². The number of nitrogens with one attached hydrogen (secondary N) is 1. The molecule has 15 heavy (non-hydrogen) atoms. The molecule has 0 saturated carbocycles. The SMILES string of the molecule is CCN(CCO)C(=O)c1cc[nH]c(=O)c1. The van der Waals surface area contributed by atoms with Crippen LogP contribution in [0.25, 0.3) is 0 Å². The molecule has 1 aromatic heterocycles. The Bertz CT molecular complexity index is 386. The molecule has 0 aliphatic carbocycles. The molecule has 2 N–H and O–H groups in total. The van der Waals surface area contributed by atoms with Gasteiger partial charge in [-0.05, 0) is 13.0 Å². The number of rotatable bonds is 4. The number of hydrogen-bond donors (Lipinski definition) is 2. The molecule has 0 atom stereocenters. The molecule has 0 aliphatic heterocycles. The molecule has 0 aliphatic rings. The molecule has 1 rings (SSSR count). The fraction of sp³-hybridized carbons (Fsp3) is 0.400. The quantitative estimate of drug-likeness (QED) is 0.724. The number of pyridine rings is 1.